The second-order valence-electron chi connectivity index (χ2n) is 9.22. The van der Waals surface area contributed by atoms with E-state index in [-0.39, 0.29) is 5.92 Å². The van der Waals surface area contributed by atoms with Crippen LogP contribution in [0.5, 0.6) is 0 Å². The summed E-state index contributed by atoms with van der Waals surface area (Å²) in [7, 11) is 1.66. The molecule has 8 heteroatoms. The standard InChI is InChI=1S/C25H32N6O2/c1-17-8-10-20(11-9-17)31-24-22(18(2)28-31)23(26-21(27-24)16-33-3)29-12-5-13-30(15-14-29)25(32)19-6-4-7-19/h8-11,19H,4-7,12-16H2,1-3H3. The first-order valence-corrected chi connectivity index (χ1v) is 11.9. The number of aryl methyl sites for hydroxylation is 2. The molecule has 0 bridgehead atoms. The summed E-state index contributed by atoms with van der Waals surface area (Å²) in [5.41, 5.74) is 3.86. The van der Waals surface area contributed by atoms with Crippen molar-refractivity contribution < 1.29 is 9.53 Å². The van der Waals surface area contributed by atoms with E-state index in [0.717, 1.165) is 73.7 Å². The van der Waals surface area contributed by atoms with Crippen LogP contribution in [0.2, 0.25) is 0 Å². The van der Waals surface area contributed by atoms with Crippen molar-refractivity contribution in [1.29, 1.82) is 0 Å². The average molecular weight is 449 g/mol. The SMILES string of the molecule is COCc1nc(N2CCCN(C(=O)C3CCC3)CC2)c2c(C)nn(-c3ccc(C)cc3)c2n1. The molecule has 0 unspecified atom stereocenters. The third-order valence-corrected chi connectivity index (χ3v) is 6.84. The molecule has 1 aromatic carbocycles. The Morgan fingerprint density at radius 3 is 2.52 bits per heavy atom. The lowest BCUT2D eigenvalue weighted by Gasteiger charge is -2.31. The lowest BCUT2D eigenvalue weighted by molar-refractivity contribution is -0.137. The van der Waals surface area contributed by atoms with Gasteiger partial charge in [-0.3, -0.25) is 4.79 Å². The molecule has 0 spiro atoms. The largest absolute Gasteiger partial charge is 0.377 e. The lowest BCUT2D eigenvalue weighted by Crippen LogP contribution is -2.41. The number of aromatic nitrogens is 4. The van der Waals surface area contributed by atoms with Crippen molar-refractivity contribution >= 4 is 22.8 Å². The summed E-state index contributed by atoms with van der Waals surface area (Å²) < 4.78 is 7.28. The zero-order chi connectivity index (χ0) is 22.9. The fourth-order valence-electron chi connectivity index (χ4n) is 4.76. The predicted molar refractivity (Wildman–Crippen MR) is 128 cm³/mol. The maximum atomic E-state index is 12.8. The second-order valence-corrected chi connectivity index (χ2v) is 9.22. The quantitative estimate of drug-likeness (QED) is 0.595. The van der Waals surface area contributed by atoms with Gasteiger partial charge in [0.1, 0.15) is 12.4 Å². The first-order valence-electron chi connectivity index (χ1n) is 11.9. The van der Waals surface area contributed by atoms with Gasteiger partial charge in [0.25, 0.3) is 0 Å². The summed E-state index contributed by atoms with van der Waals surface area (Å²) in [5, 5.41) is 5.80. The Bertz CT molecular complexity index is 1150. The highest BCUT2D eigenvalue weighted by Crippen LogP contribution is 2.31. The number of anilines is 1. The molecule has 1 saturated heterocycles. The summed E-state index contributed by atoms with van der Waals surface area (Å²) in [6, 6.07) is 8.29. The van der Waals surface area contributed by atoms with Gasteiger partial charge in [0, 0.05) is 39.2 Å². The van der Waals surface area contributed by atoms with E-state index in [0.29, 0.717) is 18.3 Å². The Morgan fingerprint density at radius 2 is 1.82 bits per heavy atom. The first kappa shape index (κ1) is 21.8. The monoisotopic (exact) mass is 448 g/mol. The maximum Gasteiger partial charge on any atom is 0.225 e. The van der Waals surface area contributed by atoms with Gasteiger partial charge in [-0.2, -0.15) is 5.10 Å². The molecular weight excluding hydrogens is 416 g/mol. The van der Waals surface area contributed by atoms with Crippen LogP contribution in [0.4, 0.5) is 5.82 Å². The van der Waals surface area contributed by atoms with Crippen LogP contribution in [-0.4, -0.2) is 63.8 Å². The molecule has 33 heavy (non-hydrogen) atoms. The molecule has 174 valence electrons. The molecule has 3 aromatic rings. The molecule has 0 radical (unpaired) electrons. The van der Waals surface area contributed by atoms with Gasteiger partial charge in [-0.15, -0.1) is 0 Å². The van der Waals surface area contributed by atoms with Gasteiger partial charge in [-0.25, -0.2) is 14.6 Å². The predicted octanol–water partition coefficient (Wildman–Crippen LogP) is 3.42. The maximum absolute atomic E-state index is 12.8. The normalized spacial score (nSPS) is 17.3. The van der Waals surface area contributed by atoms with E-state index in [1.807, 2.05) is 11.6 Å². The van der Waals surface area contributed by atoms with E-state index in [9.17, 15) is 4.79 Å². The van der Waals surface area contributed by atoms with Crippen LogP contribution in [0.3, 0.4) is 0 Å². The van der Waals surface area contributed by atoms with Gasteiger partial charge in [-0.05, 0) is 45.2 Å². The van der Waals surface area contributed by atoms with Crippen LogP contribution < -0.4 is 4.90 Å². The topological polar surface area (TPSA) is 76.4 Å². The molecule has 5 rings (SSSR count). The molecule has 8 nitrogen and oxygen atoms in total. The molecule has 2 aliphatic rings. The summed E-state index contributed by atoms with van der Waals surface area (Å²) in [4.78, 5) is 26.9. The number of carbonyl (C=O) groups excluding carboxylic acids is 1. The molecule has 3 heterocycles. The highest BCUT2D eigenvalue weighted by atomic mass is 16.5. The minimum absolute atomic E-state index is 0.241. The van der Waals surface area contributed by atoms with Crippen molar-refractivity contribution in [2.45, 2.75) is 46.1 Å². The van der Waals surface area contributed by atoms with E-state index in [1.54, 1.807) is 7.11 Å². The molecular formula is C25H32N6O2. The number of carbonyl (C=O) groups is 1. The Morgan fingerprint density at radius 1 is 1.03 bits per heavy atom. The van der Waals surface area contributed by atoms with Crippen LogP contribution in [0.25, 0.3) is 16.7 Å². The van der Waals surface area contributed by atoms with Crippen LogP contribution in [0.15, 0.2) is 24.3 Å². The summed E-state index contributed by atoms with van der Waals surface area (Å²) >= 11 is 0. The minimum Gasteiger partial charge on any atom is -0.377 e. The number of fused-ring (bicyclic) bond motifs is 1. The van der Waals surface area contributed by atoms with E-state index in [2.05, 4.69) is 41.0 Å². The van der Waals surface area contributed by atoms with Crippen molar-refractivity contribution in [2.75, 3.05) is 38.2 Å². The lowest BCUT2D eigenvalue weighted by atomic mass is 9.84. The molecule has 1 amide bonds. The van der Waals surface area contributed by atoms with Crippen molar-refractivity contribution in [2.24, 2.45) is 5.92 Å². The third kappa shape index (κ3) is 4.19. The van der Waals surface area contributed by atoms with Crippen molar-refractivity contribution in [3.05, 3.63) is 41.3 Å². The Kier molecular flexibility index (Phi) is 6.01. The van der Waals surface area contributed by atoms with E-state index >= 15 is 0 Å². The zero-order valence-corrected chi connectivity index (χ0v) is 19.8. The number of nitrogens with zero attached hydrogens (tertiary/aromatic N) is 6. The van der Waals surface area contributed by atoms with Crippen LogP contribution in [-0.2, 0) is 16.1 Å². The van der Waals surface area contributed by atoms with Gasteiger partial charge in [0.15, 0.2) is 11.5 Å². The number of hydrogen-bond donors (Lipinski definition) is 0. The Labute approximate surface area is 194 Å². The fourth-order valence-corrected chi connectivity index (χ4v) is 4.76. The van der Waals surface area contributed by atoms with Gasteiger partial charge in [-0.1, -0.05) is 24.1 Å². The van der Waals surface area contributed by atoms with Crippen LogP contribution >= 0.6 is 0 Å². The molecule has 2 fully saturated rings. The van der Waals surface area contributed by atoms with Crippen molar-refractivity contribution in [3.8, 4) is 5.69 Å². The number of hydrogen-bond acceptors (Lipinski definition) is 6. The molecule has 0 N–H and O–H groups in total. The number of ether oxygens (including phenoxy) is 1. The van der Waals surface area contributed by atoms with Gasteiger partial charge < -0.3 is 14.5 Å². The van der Waals surface area contributed by atoms with E-state index < -0.39 is 0 Å². The molecule has 1 saturated carbocycles. The summed E-state index contributed by atoms with van der Waals surface area (Å²) in [6.07, 6.45) is 4.20. The molecule has 2 aromatic heterocycles. The Balaban J connectivity index is 1.51. The van der Waals surface area contributed by atoms with E-state index in [4.69, 9.17) is 19.8 Å². The number of benzene rings is 1. The van der Waals surface area contributed by atoms with Crippen molar-refractivity contribution in [1.82, 2.24) is 24.6 Å². The number of amides is 1. The van der Waals surface area contributed by atoms with Gasteiger partial charge in [0.2, 0.25) is 5.91 Å². The molecule has 0 atom stereocenters. The fraction of sp³-hybridized carbons (Fsp3) is 0.520. The van der Waals surface area contributed by atoms with Gasteiger partial charge >= 0.3 is 0 Å². The minimum atomic E-state index is 0.241. The van der Waals surface area contributed by atoms with Crippen LogP contribution in [0, 0.1) is 19.8 Å². The highest BCUT2D eigenvalue weighted by molar-refractivity contribution is 5.91. The van der Waals surface area contributed by atoms with Crippen molar-refractivity contribution in [3.63, 3.8) is 0 Å². The number of rotatable bonds is 5. The Hall–Kier alpha value is -3.00. The molecule has 1 aliphatic carbocycles. The first-order chi connectivity index (χ1) is 16.0. The third-order valence-electron chi connectivity index (χ3n) is 6.84. The zero-order valence-electron chi connectivity index (χ0n) is 19.8. The smallest absolute Gasteiger partial charge is 0.225 e. The average Bonchev–Trinajstić information content (AvgIpc) is 2.94. The van der Waals surface area contributed by atoms with Crippen LogP contribution in [0.1, 0.15) is 42.8 Å². The van der Waals surface area contributed by atoms with Gasteiger partial charge in [0.05, 0.1) is 16.8 Å². The van der Waals surface area contributed by atoms with E-state index in [1.165, 1.54) is 12.0 Å². The summed E-state index contributed by atoms with van der Waals surface area (Å²) in [5.74, 6) is 2.10. The molecule has 1 aliphatic heterocycles. The number of methoxy groups -OCH3 is 1. The second kappa shape index (κ2) is 9.09. The summed E-state index contributed by atoms with van der Waals surface area (Å²) in [6.45, 7) is 7.57. The highest BCUT2D eigenvalue weighted by Gasteiger charge is 2.31.